The number of hydrogen-bond acceptors (Lipinski definition) is 3. The smallest absolute Gasteiger partial charge is 0.307 e. The molecule has 4 nitrogen and oxygen atoms in total. The summed E-state index contributed by atoms with van der Waals surface area (Å²) >= 11 is 0. The zero-order valence-corrected chi connectivity index (χ0v) is 8.14. The van der Waals surface area contributed by atoms with Gasteiger partial charge in [-0.15, -0.1) is 0 Å². The van der Waals surface area contributed by atoms with Crippen molar-refractivity contribution in [1.82, 2.24) is 9.97 Å². The molecular weight excluding hydrogens is 180 g/mol. The summed E-state index contributed by atoms with van der Waals surface area (Å²) in [5.74, 6) is -0.974. The normalized spacial score (nSPS) is 28.4. The lowest BCUT2D eigenvalue weighted by atomic mass is 10.1. The minimum Gasteiger partial charge on any atom is -0.481 e. The zero-order chi connectivity index (χ0) is 10.3. The largest absolute Gasteiger partial charge is 0.481 e. The fraction of sp³-hybridized carbons (Fsp3) is 0.500. The van der Waals surface area contributed by atoms with Crippen molar-refractivity contribution in [2.75, 3.05) is 0 Å². The number of carbonyl (C=O) groups is 1. The summed E-state index contributed by atoms with van der Waals surface area (Å²) in [4.78, 5) is 18.7. The highest BCUT2D eigenvalue weighted by molar-refractivity contribution is 5.77. The lowest BCUT2D eigenvalue weighted by Crippen LogP contribution is -2.03. The van der Waals surface area contributed by atoms with Crippen LogP contribution in [0, 0.1) is 11.3 Å². The van der Waals surface area contributed by atoms with E-state index in [4.69, 9.17) is 5.11 Å². The Bertz CT molecular complexity index is 362. The molecule has 1 aromatic rings. The van der Waals surface area contributed by atoms with Crippen LogP contribution in [0.2, 0.25) is 0 Å². The fourth-order valence-electron chi connectivity index (χ4n) is 2.19. The second kappa shape index (κ2) is 2.77. The van der Waals surface area contributed by atoms with E-state index in [9.17, 15) is 4.79 Å². The Morgan fingerprint density at radius 1 is 1.43 bits per heavy atom. The average molecular weight is 192 g/mol. The number of hydrogen-bond donors (Lipinski definition) is 1. The SMILES string of the molecule is CC1(C)[C@H](C(=O)O)[C@H]1c1cncnc1. The Morgan fingerprint density at radius 3 is 2.43 bits per heavy atom. The Kier molecular flexibility index (Phi) is 1.80. The van der Waals surface area contributed by atoms with Gasteiger partial charge in [0.15, 0.2) is 0 Å². The average Bonchev–Trinajstić information content (AvgIpc) is 2.71. The van der Waals surface area contributed by atoms with Gasteiger partial charge in [0, 0.05) is 18.3 Å². The van der Waals surface area contributed by atoms with Crippen LogP contribution in [0.3, 0.4) is 0 Å². The van der Waals surface area contributed by atoms with Gasteiger partial charge in [-0.25, -0.2) is 9.97 Å². The van der Waals surface area contributed by atoms with Crippen LogP contribution in [0.5, 0.6) is 0 Å². The van der Waals surface area contributed by atoms with Gasteiger partial charge in [-0.2, -0.15) is 0 Å². The first-order chi connectivity index (χ1) is 6.55. The van der Waals surface area contributed by atoms with Crippen LogP contribution >= 0.6 is 0 Å². The number of carboxylic acid groups (broad SMARTS) is 1. The molecule has 0 radical (unpaired) electrons. The molecule has 1 aromatic heterocycles. The molecule has 0 aliphatic heterocycles. The van der Waals surface area contributed by atoms with Gasteiger partial charge in [-0.05, 0) is 11.0 Å². The first-order valence-electron chi connectivity index (χ1n) is 4.53. The number of aliphatic carboxylic acids is 1. The minimum atomic E-state index is -0.733. The molecule has 1 heterocycles. The molecule has 1 aliphatic rings. The van der Waals surface area contributed by atoms with Crippen molar-refractivity contribution >= 4 is 5.97 Å². The van der Waals surface area contributed by atoms with E-state index in [1.54, 1.807) is 12.4 Å². The molecule has 0 spiro atoms. The highest BCUT2D eigenvalue weighted by atomic mass is 16.4. The fourth-order valence-corrected chi connectivity index (χ4v) is 2.19. The van der Waals surface area contributed by atoms with Gasteiger partial charge in [-0.3, -0.25) is 4.79 Å². The van der Waals surface area contributed by atoms with Gasteiger partial charge in [0.1, 0.15) is 6.33 Å². The van der Waals surface area contributed by atoms with Crippen molar-refractivity contribution in [3.8, 4) is 0 Å². The zero-order valence-electron chi connectivity index (χ0n) is 8.14. The molecule has 0 bridgehead atoms. The number of nitrogens with zero attached hydrogens (tertiary/aromatic N) is 2. The van der Waals surface area contributed by atoms with Gasteiger partial charge >= 0.3 is 5.97 Å². The van der Waals surface area contributed by atoms with E-state index < -0.39 is 5.97 Å². The highest BCUT2D eigenvalue weighted by Gasteiger charge is 2.62. The van der Waals surface area contributed by atoms with E-state index in [0.717, 1.165) is 5.56 Å². The molecule has 0 unspecified atom stereocenters. The summed E-state index contributed by atoms with van der Waals surface area (Å²) in [6.45, 7) is 3.92. The van der Waals surface area contributed by atoms with Gasteiger partial charge in [-0.1, -0.05) is 13.8 Å². The summed E-state index contributed by atoms with van der Waals surface area (Å²) in [5, 5.41) is 8.98. The summed E-state index contributed by atoms with van der Waals surface area (Å²) in [7, 11) is 0. The molecule has 74 valence electrons. The lowest BCUT2D eigenvalue weighted by molar-refractivity contribution is -0.139. The standard InChI is InChI=1S/C10H12N2O2/c1-10(2)7(8(10)9(13)14)6-3-11-5-12-4-6/h3-5,7-8H,1-2H3,(H,13,14)/t7-,8+/m1/s1. The first kappa shape index (κ1) is 9.12. The quantitative estimate of drug-likeness (QED) is 0.767. The molecule has 1 N–H and O–H groups in total. The molecule has 2 rings (SSSR count). The summed E-state index contributed by atoms with van der Waals surface area (Å²) < 4.78 is 0. The molecular formula is C10H12N2O2. The summed E-state index contributed by atoms with van der Waals surface area (Å²) in [5.41, 5.74) is 0.751. The minimum absolute atomic E-state index is 0.0567. The maximum atomic E-state index is 10.9. The van der Waals surface area contributed by atoms with Crippen molar-refractivity contribution in [2.45, 2.75) is 19.8 Å². The maximum absolute atomic E-state index is 10.9. The second-order valence-electron chi connectivity index (χ2n) is 4.29. The number of aromatic nitrogens is 2. The third-order valence-electron chi connectivity index (χ3n) is 3.03. The van der Waals surface area contributed by atoms with Crippen LogP contribution in [0.15, 0.2) is 18.7 Å². The van der Waals surface area contributed by atoms with E-state index in [-0.39, 0.29) is 17.3 Å². The maximum Gasteiger partial charge on any atom is 0.307 e. The lowest BCUT2D eigenvalue weighted by Gasteiger charge is -2.00. The van der Waals surface area contributed by atoms with E-state index in [1.807, 2.05) is 13.8 Å². The van der Waals surface area contributed by atoms with Crippen LogP contribution in [0.4, 0.5) is 0 Å². The predicted octanol–water partition coefficient (Wildman–Crippen LogP) is 1.30. The Morgan fingerprint density at radius 2 is 2.00 bits per heavy atom. The third-order valence-corrected chi connectivity index (χ3v) is 3.03. The number of carboxylic acids is 1. The summed E-state index contributed by atoms with van der Waals surface area (Å²) in [6, 6.07) is 0. The first-order valence-corrected chi connectivity index (χ1v) is 4.53. The second-order valence-corrected chi connectivity index (χ2v) is 4.29. The predicted molar refractivity (Wildman–Crippen MR) is 49.7 cm³/mol. The van der Waals surface area contributed by atoms with E-state index in [0.29, 0.717) is 0 Å². The van der Waals surface area contributed by atoms with Crippen molar-refractivity contribution in [1.29, 1.82) is 0 Å². The van der Waals surface area contributed by atoms with E-state index in [1.165, 1.54) is 6.33 Å². The Hall–Kier alpha value is -1.45. The Labute approximate surface area is 82.0 Å². The van der Waals surface area contributed by atoms with Crippen LogP contribution in [0.25, 0.3) is 0 Å². The molecule has 4 heteroatoms. The van der Waals surface area contributed by atoms with Crippen LogP contribution in [-0.4, -0.2) is 21.0 Å². The molecule has 2 atom stereocenters. The van der Waals surface area contributed by atoms with Gasteiger partial charge < -0.3 is 5.11 Å². The number of rotatable bonds is 2. The van der Waals surface area contributed by atoms with Crippen molar-refractivity contribution in [3.63, 3.8) is 0 Å². The van der Waals surface area contributed by atoms with Crippen LogP contribution < -0.4 is 0 Å². The van der Waals surface area contributed by atoms with Crippen LogP contribution in [-0.2, 0) is 4.79 Å². The molecule has 0 saturated heterocycles. The molecule has 14 heavy (non-hydrogen) atoms. The Balaban J connectivity index is 2.28. The highest BCUT2D eigenvalue weighted by Crippen LogP contribution is 2.64. The van der Waals surface area contributed by atoms with E-state index >= 15 is 0 Å². The molecule has 1 fully saturated rings. The van der Waals surface area contributed by atoms with Crippen molar-refractivity contribution in [3.05, 3.63) is 24.3 Å². The monoisotopic (exact) mass is 192 g/mol. The van der Waals surface area contributed by atoms with Crippen molar-refractivity contribution in [2.24, 2.45) is 11.3 Å². The van der Waals surface area contributed by atoms with Gasteiger partial charge in [0.2, 0.25) is 0 Å². The third kappa shape index (κ3) is 1.18. The molecule has 1 aliphatic carbocycles. The van der Waals surface area contributed by atoms with Gasteiger partial charge in [0.05, 0.1) is 5.92 Å². The topological polar surface area (TPSA) is 63.1 Å². The van der Waals surface area contributed by atoms with Gasteiger partial charge in [0.25, 0.3) is 0 Å². The van der Waals surface area contributed by atoms with Crippen LogP contribution in [0.1, 0.15) is 25.3 Å². The molecule has 0 aromatic carbocycles. The summed E-state index contributed by atoms with van der Waals surface area (Å²) in [6.07, 6.45) is 4.85. The van der Waals surface area contributed by atoms with E-state index in [2.05, 4.69) is 9.97 Å². The van der Waals surface area contributed by atoms with Crippen molar-refractivity contribution < 1.29 is 9.90 Å². The molecule has 0 amide bonds. The molecule has 1 saturated carbocycles.